The molecule has 0 aliphatic rings. The van der Waals surface area contributed by atoms with Crippen LogP contribution in [0.2, 0.25) is 0 Å². The molecular formula is C6H4BrN3OS. The lowest BCUT2D eigenvalue weighted by atomic mass is 10.3. The Morgan fingerprint density at radius 1 is 1.50 bits per heavy atom. The van der Waals surface area contributed by atoms with Crippen LogP contribution in [0.5, 0.6) is 0 Å². The smallest absolute Gasteiger partial charge is 0.183 e. The van der Waals surface area contributed by atoms with Gasteiger partial charge in [0.05, 0.1) is 11.8 Å². The Morgan fingerprint density at radius 3 is 2.83 bits per heavy atom. The molecular weight excluding hydrogens is 242 g/mol. The molecule has 0 saturated carbocycles. The summed E-state index contributed by atoms with van der Waals surface area (Å²) in [5, 5.41) is 12.2. The molecule has 0 bridgehead atoms. The van der Waals surface area contributed by atoms with E-state index in [9.17, 15) is 0 Å². The van der Waals surface area contributed by atoms with Crippen molar-refractivity contribution >= 4 is 27.3 Å². The van der Waals surface area contributed by atoms with Gasteiger partial charge in [0.15, 0.2) is 8.92 Å². The third-order valence-corrected chi connectivity index (χ3v) is 2.77. The van der Waals surface area contributed by atoms with Crippen LogP contribution >= 0.6 is 27.3 Å². The van der Waals surface area contributed by atoms with E-state index in [0.29, 0.717) is 0 Å². The monoisotopic (exact) mass is 245 g/mol. The highest BCUT2D eigenvalue weighted by molar-refractivity contribution is 9.11. The first kappa shape index (κ1) is 7.88. The maximum atomic E-state index is 4.90. The van der Waals surface area contributed by atoms with Crippen molar-refractivity contribution in [1.82, 2.24) is 15.4 Å². The maximum absolute atomic E-state index is 4.90. The summed E-state index contributed by atoms with van der Waals surface area (Å²) in [6, 6.07) is 0. The van der Waals surface area contributed by atoms with Gasteiger partial charge in [0.1, 0.15) is 5.76 Å². The quantitative estimate of drug-likeness (QED) is 0.774. The van der Waals surface area contributed by atoms with Crippen LogP contribution in [0.3, 0.4) is 0 Å². The van der Waals surface area contributed by atoms with Gasteiger partial charge in [-0.15, -0.1) is 10.2 Å². The molecule has 0 radical (unpaired) electrons. The van der Waals surface area contributed by atoms with E-state index >= 15 is 0 Å². The zero-order valence-electron chi connectivity index (χ0n) is 6.11. The van der Waals surface area contributed by atoms with Crippen LogP contribution in [0.15, 0.2) is 14.6 Å². The minimum absolute atomic E-state index is 0.762. The average molecular weight is 246 g/mol. The molecule has 6 heteroatoms. The van der Waals surface area contributed by atoms with Gasteiger partial charge in [-0.1, -0.05) is 16.5 Å². The Bertz CT molecular complexity index is 397. The zero-order chi connectivity index (χ0) is 8.55. The predicted molar refractivity (Wildman–Crippen MR) is 47.8 cm³/mol. The summed E-state index contributed by atoms with van der Waals surface area (Å²) in [4.78, 5) is 0. The normalized spacial score (nSPS) is 10.5. The van der Waals surface area contributed by atoms with Gasteiger partial charge in [-0.05, 0) is 22.9 Å². The second kappa shape index (κ2) is 2.95. The van der Waals surface area contributed by atoms with E-state index in [1.165, 1.54) is 11.3 Å². The second-order valence-electron chi connectivity index (χ2n) is 2.16. The highest BCUT2D eigenvalue weighted by Crippen LogP contribution is 2.28. The van der Waals surface area contributed by atoms with Gasteiger partial charge in [-0.25, -0.2) is 0 Å². The van der Waals surface area contributed by atoms with E-state index < -0.39 is 0 Å². The molecule has 2 aromatic rings. The van der Waals surface area contributed by atoms with Gasteiger partial charge in [0.2, 0.25) is 0 Å². The van der Waals surface area contributed by atoms with E-state index in [2.05, 4.69) is 31.3 Å². The van der Waals surface area contributed by atoms with Crippen LogP contribution in [0, 0.1) is 6.92 Å². The van der Waals surface area contributed by atoms with Crippen molar-refractivity contribution in [2.45, 2.75) is 6.92 Å². The van der Waals surface area contributed by atoms with E-state index in [4.69, 9.17) is 4.52 Å². The summed E-state index contributed by atoms with van der Waals surface area (Å²) in [7, 11) is 0. The molecule has 0 amide bonds. The molecule has 0 fully saturated rings. The van der Waals surface area contributed by atoms with Crippen molar-refractivity contribution in [3.8, 4) is 10.6 Å². The number of halogens is 1. The van der Waals surface area contributed by atoms with Crippen LogP contribution in [-0.2, 0) is 0 Å². The second-order valence-corrected chi connectivity index (χ2v) is 4.41. The first-order valence-corrected chi connectivity index (χ1v) is 4.79. The fourth-order valence-corrected chi connectivity index (χ4v) is 1.99. The molecule has 0 unspecified atom stereocenters. The van der Waals surface area contributed by atoms with Crippen LogP contribution in [-0.4, -0.2) is 15.4 Å². The summed E-state index contributed by atoms with van der Waals surface area (Å²) in [6.07, 6.45) is 1.64. The van der Waals surface area contributed by atoms with E-state index in [0.717, 1.165) is 20.2 Å². The highest BCUT2D eigenvalue weighted by atomic mass is 79.9. The van der Waals surface area contributed by atoms with E-state index in [-0.39, 0.29) is 0 Å². The van der Waals surface area contributed by atoms with Gasteiger partial charge < -0.3 is 4.52 Å². The van der Waals surface area contributed by atoms with Crippen LogP contribution < -0.4 is 0 Å². The van der Waals surface area contributed by atoms with Crippen molar-refractivity contribution in [1.29, 1.82) is 0 Å². The molecule has 0 spiro atoms. The van der Waals surface area contributed by atoms with Gasteiger partial charge >= 0.3 is 0 Å². The van der Waals surface area contributed by atoms with Crippen LogP contribution in [0.25, 0.3) is 10.6 Å². The van der Waals surface area contributed by atoms with Gasteiger partial charge in [-0.3, -0.25) is 0 Å². The predicted octanol–water partition coefficient (Wildman–Crippen LogP) is 2.26. The molecule has 0 saturated heterocycles. The van der Waals surface area contributed by atoms with E-state index in [1.54, 1.807) is 6.20 Å². The number of nitrogens with zero attached hydrogens (tertiary/aromatic N) is 3. The number of hydrogen-bond donors (Lipinski definition) is 0. The Hall–Kier alpha value is -0.750. The third kappa shape index (κ3) is 1.27. The van der Waals surface area contributed by atoms with Crippen molar-refractivity contribution in [2.75, 3.05) is 0 Å². The Morgan fingerprint density at radius 2 is 2.33 bits per heavy atom. The SMILES string of the molecule is Cc1oncc1-c1nnc(Br)s1. The van der Waals surface area contributed by atoms with Crippen molar-refractivity contribution < 1.29 is 4.52 Å². The van der Waals surface area contributed by atoms with Crippen LogP contribution in [0.4, 0.5) is 0 Å². The van der Waals surface area contributed by atoms with Crippen molar-refractivity contribution in [2.24, 2.45) is 0 Å². The summed E-state index contributed by atoms with van der Waals surface area (Å²) in [5.74, 6) is 0.763. The molecule has 0 atom stereocenters. The highest BCUT2D eigenvalue weighted by Gasteiger charge is 2.10. The van der Waals surface area contributed by atoms with E-state index in [1.807, 2.05) is 6.92 Å². The minimum Gasteiger partial charge on any atom is -0.361 e. The van der Waals surface area contributed by atoms with Gasteiger partial charge in [0, 0.05) is 0 Å². The van der Waals surface area contributed by atoms with Crippen molar-refractivity contribution in [3.05, 3.63) is 15.9 Å². The molecule has 0 aromatic carbocycles. The molecule has 12 heavy (non-hydrogen) atoms. The lowest BCUT2D eigenvalue weighted by Crippen LogP contribution is -1.75. The van der Waals surface area contributed by atoms with Crippen LogP contribution in [0.1, 0.15) is 5.76 Å². The molecule has 4 nitrogen and oxygen atoms in total. The number of rotatable bonds is 1. The lowest BCUT2D eigenvalue weighted by Gasteiger charge is -1.85. The third-order valence-electron chi connectivity index (χ3n) is 1.38. The Balaban J connectivity index is 2.50. The van der Waals surface area contributed by atoms with Gasteiger partial charge in [0.25, 0.3) is 0 Å². The minimum atomic E-state index is 0.762. The molecule has 0 aliphatic heterocycles. The molecule has 2 heterocycles. The Kier molecular flexibility index (Phi) is 1.93. The number of hydrogen-bond acceptors (Lipinski definition) is 5. The molecule has 62 valence electrons. The fraction of sp³-hybridized carbons (Fsp3) is 0.167. The standard InChI is InChI=1S/C6H4BrN3OS/c1-3-4(2-8-11-3)5-9-10-6(7)12-5/h2H,1H3. The van der Waals surface area contributed by atoms with Crippen molar-refractivity contribution in [3.63, 3.8) is 0 Å². The maximum Gasteiger partial charge on any atom is 0.183 e. The topological polar surface area (TPSA) is 51.8 Å². The number of aromatic nitrogens is 3. The summed E-state index contributed by atoms with van der Waals surface area (Å²) in [6.45, 7) is 1.84. The molecule has 0 N–H and O–H groups in total. The lowest BCUT2D eigenvalue weighted by molar-refractivity contribution is 0.398. The molecule has 2 aromatic heterocycles. The first-order valence-electron chi connectivity index (χ1n) is 3.18. The van der Waals surface area contributed by atoms with Gasteiger partial charge in [-0.2, -0.15) is 0 Å². The largest absolute Gasteiger partial charge is 0.361 e. The number of aryl methyl sites for hydroxylation is 1. The first-order chi connectivity index (χ1) is 5.77. The average Bonchev–Trinajstić information content (AvgIpc) is 2.58. The summed E-state index contributed by atoms with van der Waals surface area (Å²) >= 11 is 4.69. The summed E-state index contributed by atoms with van der Waals surface area (Å²) < 4.78 is 5.66. The zero-order valence-corrected chi connectivity index (χ0v) is 8.52. The molecule has 2 rings (SSSR count). The summed E-state index contributed by atoms with van der Waals surface area (Å²) in [5.41, 5.74) is 0.901. The Labute approximate surface area is 80.7 Å². The fourth-order valence-electron chi connectivity index (χ4n) is 0.818. The molecule has 0 aliphatic carbocycles.